The largest absolute Gasteiger partial charge is 0.477 e. The van der Waals surface area contributed by atoms with Gasteiger partial charge in [-0.15, -0.1) is 12.4 Å². The first-order chi connectivity index (χ1) is 11.4. The van der Waals surface area contributed by atoms with Crippen molar-refractivity contribution in [2.24, 2.45) is 5.73 Å². The maximum Gasteiger partial charge on any atom is 0.341 e. The molecule has 1 aromatic heterocycles. The van der Waals surface area contributed by atoms with Gasteiger partial charge in [-0.05, 0) is 18.9 Å². The number of carboxylic acids is 1. The van der Waals surface area contributed by atoms with Crippen molar-refractivity contribution >= 4 is 35.0 Å². The number of nitrogens with two attached hydrogens (primary N) is 1. The minimum Gasteiger partial charge on any atom is -0.477 e. The lowest BCUT2D eigenvalue weighted by Gasteiger charge is -2.39. The standard InChI is InChI=1S/C16H15F2N3O3.ClH/c17-11-3-9-13(12(18)14(11)20-4-7(19)5-20)21(8-1-2-8)6-10(15(9)22)16(23)24;/h3,6-8H,1-2,4-5,19H2,(H,23,24);1H. The maximum absolute atomic E-state index is 15.1. The molecule has 3 N–H and O–H groups in total. The topological polar surface area (TPSA) is 88.6 Å². The summed E-state index contributed by atoms with van der Waals surface area (Å²) in [6.07, 6.45) is 2.69. The first-order valence-corrected chi connectivity index (χ1v) is 7.69. The minimum atomic E-state index is -1.41. The molecule has 6 nitrogen and oxygen atoms in total. The van der Waals surface area contributed by atoms with Gasteiger partial charge in [-0.3, -0.25) is 4.79 Å². The van der Waals surface area contributed by atoms with Crippen LogP contribution >= 0.6 is 12.4 Å². The molecule has 1 saturated carbocycles. The molecular weight excluding hydrogens is 356 g/mol. The number of anilines is 1. The molecule has 1 aliphatic heterocycles. The van der Waals surface area contributed by atoms with Gasteiger partial charge >= 0.3 is 5.97 Å². The predicted octanol–water partition coefficient (Wildman–Crippen LogP) is 1.88. The van der Waals surface area contributed by atoms with Crippen molar-refractivity contribution in [3.63, 3.8) is 0 Å². The van der Waals surface area contributed by atoms with Crippen LogP contribution in [0.1, 0.15) is 29.2 Å². The van der Waals surface area contributed by atoms with Crippen LogP contribution in [0.15, 0.2) is 17.1 Å². The first kappa shape index (κ1) is 17.6. The van der Waals surface area contributed by atoms with Gasteiger partial charge in [0.1, 0.15) is 17.1 Å². The average molecular weight is 372 g/mol. The molecule has 0 unspecified atom stereocenters. The smallest absolute Gasteiger partial charge is 0.341 e. The van der Waals surface area contributed by atoms with E-state index in [1.54, 1.807) is 0 Å². The van der Waals surface area contributed by atoms with Crippen molar-refractivity contribution < 1.29 is 18.7 Å². The lowest BCUT2D eigenvalue weighted by atomic mass is 10.0. The van der Waals surface area contributed by atoms with Crippen molar-refractivity contribution in [3.8, 4) is 0 Å². The van der Waals surface area contributed by atoms with Gasteiger partial charge in [-0.2, -0.15) is 0 Å². The van der Waals surface area contributed by atoms with Crippen molar-refractivity contribution in [1.29, 1.82) is 0 Å². The number of fused-ring (bicyclic) bond motifs is 1. The second kappa shape index (κ2) is 5.96. The van der Waals surface area contributed by atoms with Crippen molar-refractivity contribution in [3.05, 3.63) is 39.7 Å². The summed E-state index contributed by atoms with van der Waals surface area (Å²) in [5.74, 6) is -3.12. The number of rotatable bonds is 3. The van der Waals surface area contributed by atoms with Gasteiger partial charge in [0.15, 0.2) is 5.82 Å². The molecular formula is C16H16ClF2N3O3. The molecule has 0 spiro atoms. The van der Waals surface area contributed by atoms with Crippen LogP contribution in [0.5, 0.6) is 0 Å². The SMILES string of the molecule is Cl.NC1CN(c2c(F)cc3c(=O)c(C(=O)O)cn(C4CC4)c3c2F)C1. The van der Waals surface area contributed by atoms with Gasteiger partial charge in [0.05, 0.1) is 10.9 Å². The Morgan fingerprint density at radius 2 is 1.92 bits per heavy atom. The fraction of sp³-hybridized carbons (Fsp3) is 0.375. The van der Waals surface area contributed by atoms with Gasteiger partial charge in [0.2, 0.25) is 5.43 Å². The third-order valence-corrected chi connectivity index (χ3v) is 4.58. The van der Waals surface area contributed by atoms with E-state index in [9.17, 15) is 19.1 Å². The number of halogens is 3. The summed E-state index contributed by atoms with van der Waals surface area (Å²) < 4.78 is 30.9. The van der Waals surface area contributed by atoms with E-state index in [0.717, 1.165) is 25.1 Å². The zero-order chi connectivity index (χ0) is 17.2. The molecule has 1 aliphatic carbocycles. The Morgan fingerprint density at radius 3 is 2.44 bits per heavy atom. The molecule has 2 heterocycles. The quantitative estimate of drug-likeness (QED) is 0.860. The van der Waals surface area contributed by atoms with Crippen LogP contribution in [-0.2, 0) is 0 Å². The third-order valence-electron chi connectivity index (χ3n) is 4.58. The van der Waals surface area contributed by atoms with E-state index >= 15 is 4.39 Å². The molecule has 2 fully saturated rings. The first-order valence-electron chi connectivity index (χ1n) is 7.69. The Kier molecular flexibility index (Phi) is 4.20. The second-order valence-electron chi connectivity index (χ2n) is 6.40. The fourth-order valence-corrected chi connectivity index (χ4v) is 3.21. The summed E-state index contributed by atoms with van der Waals surface area (Å²) in [4.78, 5) is 25.1. The van der Waals surface area contributed by atoms with Gasteiger partial charge in [0, 0.05) is 31.4 Å². The summed E-state index contributed by atoms with van der Waals surface area (Å²) in [5.41, 5.74) is 4.08. The Labute approximate surface area is 147 Å². The zero-order valence-corrected chi connectivity index (χ0v) is 13.9. The number of hydrogen-bond donors (Lipinski definition) is 2. The van der Waals surface area contributed by atoms with Crippen molar-refractivity contribution in [2.45, 2.75) is 24.9 Å². The van der Waals surface area contributed by atoms with E-state index in [1.807, 2.05) is 0 Å². The predicted molar refractivity (Wildman–Crippen MR) is 90.8 cm³/mol. The monoisotopic (exact) mass is 371 g/mol. The molecule has 2 aromatic rings. The van der Waals surface area contributed by atoms with Crippen LogP contribution in [0, 0.1) is 11.6 Å². The number of aromatic nitrogens is 1. The summed E-state index contributed by atoms with van der Waals surface area (Å²) in [7, 11) is 0. The Bertz CT molecular complexity index is 937. The normalized spacial score (nSPS) is 17.3. The highest BCUT2D eigenvalue weighted by Gasteiger charge is 2.33. The fourth-order valence-electron chi connectivity index (χ4n) is 3.21. The number of hydrogen-bond acceptors (Lipinski definition) is 4. The number of pyridine rings is 1. The molecule has 9 heteroatoms. The summed E-state index contributed by atoms with van der Waals surface area (Å²) in [6, 6.07) is 0.725. The van der Waals surface area contributed by atoms with Crippen LogP contribution < -0.4 is 16.1 Å². The van der Waals surface area contributed by atoms with Crippen molar-refractivity contribution in [2.75, 3.05) is 18.0 Å². The zero-order valence-electron chi connectivity index (χ0n) is 13.0. The number of nitrogens with zero attached hydrogens (tertiary/aromatic N) is 2. The number of carboxylic acid groups (broad SMARTS) is 1. The molecule has 4 rings (SSSR count). The molecule has 25 heavy (non-hydrogen) atoms. The van der Waals surface area contributed by atoms with E-state index in [4.69, 9.17) is 5.73 Å². The third kappa shape index (κ3) is 2.65. The highest BCUT2D eigenvalue weighted by atomic mass is 35.5. The van der Waals surface area contributed by atoms with Crippen LogP contribution in [-0.4, -0.2) is 34.8 Å². The van der Waals surface area contributed by atoms with Gasteiger partial charge in [-0.1, -0.05) is 0 Å². The average Bonchev–Trinajstić information content (AvgIpc) is 3.30. The molecule has 0 atom stereocenters. The number of aromatic carboxylic acids is 1. The minimum absolute atomic E-state index is 0. The van der Waals surface area contributed by atoms with E-state index in [-0.39, 0.29) is 41.1 Å². The van der Waals surface area contributed by atoms with E-state index in [0.29, 0.717) is 13.1 Å². The summed E-state index contributed by atoms with van der Waals surface area (Å²) >= 11 is 0. The highest BCUT2D eigenvalue weighted by Crippen LogP contribution is 2.40. The van der Waals surface area contributed by atoms with Crippen molar-refractivity contribution in [1.82, 2.24) is 4.57 Å². The molecule has 2 aliphatic rings. The van der Waals surface area contributed by atoms with Crippen LogP contribution in [0.3, 0.4) is 0 Å². The van der Waals surface area contributed by atoms with Gasteiger partial charge < -0.3 is 20.3 Å². The van der Waals surface area contributed by atoms with Gasteiger partial charge in [-0.25, -0.2) is 13.6 Å². The summed E-state index contributed by atoms with van der Waals surface area (Å²) in [5, 5.41) is 8.94. The van der Waals surface area contributed by atoms with Crippen LogP contribution in [0.2, 0.25) is 0 Å². The van der Waals surface area contributed by atoms with Gasteiger partial charge in [0.25, 0.3) is 0 Å². The highest BCUT2D eigenvalue weighted by molar-refractivity contribution is 5.94. The second-order valence-corrected chi connectivity index (χ2v) is 6.40. The molecule has 1 aromatic carbocycles. The Hall–Kier alpha value is -2.19. The molecule has 0 radical (unpaired) electrons. The molecule has 1 saturated heterocycles. The number of benzene rings is 1. The molecule has 0 bridgehead atoms. The maximum atomic E-state index is 15.1. The Morgan fingerprint density at radius 1 is 1.28 bits per heavy atom. The van der Waals surface area contributed by atoms with Crippen LogP contribution in [0.4, 0.5) is 14.5 Å². The lowest BCUT2D eigenvalue weighted by Crippen LogP contribution is -2.56. The van der Waals surface area contributed by atoms with E-state index in [2.05, 4.69) is 0 Å². The summed E-state index contributed by atoms with van der Waals surface area (Å²) in [6.45, 7) is 0.667. The van der Waals surface area contributed by atoms with Crippen LogP contribution in [0.25, 0.3) is 10.9 Å². The van der Waals surface area contributed by atoms with E-state index in [1.165, 1.54) is 9.47 Å². The Balaban J connectivity index is 0.00000182. The number of carbonyl (C=O) groups is 1. The molecule has 134 valence electrons. The van der Waals surface area contributed by atoms with E-state index < -0.39 is 28.6 Å². The molecule has 0 amide bonds. The lowest BCUT2D eigenvalue weighted by molar-refractivity contribution is 0.0695.